The highest BCUT2D eigenvalue weighted by molar-refractivity contribution is 14.1. The Labute approximate surface area is 224 Å². The molecule has 7 N–H and O–H groups in total. The van der Waals surface area contributed by atoms with Crippen LogP contribution < -0.4 is 11.1 Å². The minimum Gasteiger partial charge on any atom is -0.481 e. The van der Waals surface area contributed by atoms with Gasteiger partial charge in [-0.1, -0.05) is 0 Å². The summed E-state index contributed by atoms with van der Waals surface area (Å²) in [5.41, 5.74) is 5.81. The summed E-state index contributed by atoms with van der Waals surface area (Å²) >= 11 is 6.48. The van der Waals surface area contributed by atoms with E-state index in [4.69, 9.17) is 26.2 Å². The zero-order valence-corrected chi connectivity index (χ0v) is 23.1. The SMILES string of the molecule is NC(=O)c1cc(I)cc(I)c1I.O=C(O)CCCC(=O)O.O=C1CCC(=O)N1.OCCO. The Balaban J connectivity index is 0. The number of aliphatic carboxylic acids is 2. The van der Waals surface area contributed by atoms with Crippen LogP contribution in [0.25, 0.3) is 0 Å². The van der Waals surface area contributed by atoms with Gasteiger partial charge in [-0.3, -0.25) is 29.3 Å². The number of primary amides is 1. The third kappa shape index (κ3) is 18.5. The highest BCUT2D eigenvalue weighted by atomic mass is 127. The number of hydrogen-bond donors (Lipinski definition) is 6. The number of carboxylic acid groups (broad SMARTS) is 2. The molecule has 0 radical (unpaired) electrons. The number of aliphatic hydroxyl groups is 2. The summed E-state index contributed by atoms with van der Waals surface area (Å²) in [7, 11) is 0. The van der Waals surface area contributed by atoms with Gasteiger partial charge in [0.05, 0.1) is 18.8 Å². The van der Waals surface area contributed by atoms with Gasteiger partial charge >= 0.3 is 11.9 Å². The van der Waals surface area contributed by atoms with E-state index in [9.17, 15) is 24.0 Å². The molecule has 11 nitrogen and oxygen atoms in total. The van der Waals surface area contributed by atoms with Crippen molar-refractivity contribution in [1.82, 2.24) is 5.32 Å². The van der Waals surface area contributed by atoms with Crippen LogP contribution in [0.2, 0.25) is 0 Å². The van der Waals surface area contributed by atoms with Crippen molar-refractivity contribution in [2.24, 2.45) is 5.73 Å². The Hall–Kier alpha value is -1.12. The molecular formula is C18H23I3N2O9. The average Bonchev–Trinajstić information content (AvgIpc) is 3.07. The van der Waals surface area contributed by atoms with Gasteiger partial charge in [-0.2, -0.15) is 0 Å². The fourth-order valence-corrected chi connectivity index (χ4v) is 4.06. The van der Waals surface area contributed by atoms with E-state index >= 15 is 0 Å². The minimum absolute atomic E-state index is 0.0632. The zero-order valence-electron chi connectivity index (χ0n) is 16.6. The van der Waals surface area contributed by atoms with Crippen LogP contribution in [0.15, 0.2) is 12.1 Å². The molecule has 1 saturated heterocycles. The average molecular weight is 792 g/mol. The van der Waals surface area contributed by atoms with Gasteiger partial charge in [-0.25, -0.2) is 0 Å². The molecule has 0 unspecified atom stereocenters. The van der Waals surface area contributed by atoms with Crippen molar-refractivity contribution >= 4 is 97.4 Å². The lowest BCUT2D eigenvalue weighted by molar-refractivity contribution is -0.138. The number of aliphatic hydroxyl groups excluding tert-OH is 2. The number of carbonyl (C=O) groups is 5. The number of benzene rings is 1. The summed E-state index contributed by atoms with van der Waals surface area (Å²) < 4.78 is 3.03. The largest absolute Gasteiger partial charge is 0.481 e. The maximum absolute atomic E-state index is 10.9. The van der Waals surface area contributed by atoms with Crippen molar-refractivity contribution < 1.29 is 44.4 Å². The van der Waals surface area contributed by atoms with Crippen LogP contribution in [-0.2, 0) is 19.2 Å². The molecule has 1 aliphatic rings. The molecule has 1 aliphatic heterocycles. The van der Waals surface area contributed by atoms with Crippen LogP contribution >= 0.6 is 67.8 Å². The van der Waals surface area contributed by atoms with Gasteiger partial charge in [-0.05, 0) is 86.3 Å². The van der Waals surface area contributed by atoms with E-state index in [1.165, 1.54) is 0 Å². The number of rotatable bonds is 6. The minimum atomic E-state index is -0.948. The number of nitrogens with two attached hydrogens (primary N) is 1. The zero-order chi connectivity index (χ0) is 25.3. The lowest BCUT2D eigenvalue weighted by atomic mass is 10.2. The monoisotopic (exact) mass is 792 g/mol. The Morgan fingerprint density at radius 1 is 0.906 bits per heavy atom. The summed E-state index contributed by atoms with van der Waals surface area (Å²) in [5, 5.41) is 33.5. The number of imide groups is 1. The van der Waals surface area contributed by atoms with E-state index in [-0.39, 0.29) is 50.2 Å². The van der Waals surface area contributed by atoms with Crippen LogP contribution in [0.1, 0.15) is 42.5 Å². The molecule has 32 heavy (non-hydrogen) atoms. The van der Waals surface area contributed by atoms with Crippen LogP contribution in [0, 0.1) is 10.7 Å². The summed E-state index contributed by atoms with van der Waals surface area (Å²) in [5.74, 6) is -2.56. The van der Waals surface area contributed by atoms with Crippen molar-refractivity contribution in [1.29, 1.82) is 0 Å². The first-order chi connectivity index (χ1) is 14.8. The second-order valence-corrected chi connectivity index (χ2v) is 9.16. The lowest BCUT2D eigenvalue weighted by Crippen LogP contribution is -2.18. The number of amides is 3. The molecule has 1 fully saturated rings. The van der Waals surface area contributed by atoms with Crippen molar-refractivity contribution in [3.63, 3.8) is 0 Å². The fraction of sp³-hybridized carbons (Fsp3) is 0.389. The predicted octanol–water partition coefficient (Wildman–Crippen LogP) is 1.32. The van der Waals surface area contributed by atoms with E-state index in [2.05, 4.69) is 73.1 Å². The number of carbonyl (C=O) groups excluding carboxylic acids is 3. The van der Waals surface area contributed by atoms with E-state index < -0.39 is 11.9 Å². The first-order valence-electron chi connectivity index (χ1n) is 8.77. The van der Waals surface area contributed by atoms with Gasteiger partial charge in [0.1, 0.15) is 0 Å². The Kier molecular flexibility index (Phi) is 20.0. The summed E-state index contributed by atoms with van der Waals surface area (Å²) in [6.45, 7) is -0.250. The van der Waals surface area contributed by atoms with Crippen LogP contribution in [0.4, 0.5) is 0 Å². The number of hydrogen-bond acceptors (Lipinski definition) is 7. The number of halogens is 3. The molecule has 0 aromatic heterocycles. The van der Waals surface area contributed by atoms with E-state index in [0.29, 0.717) is 18.4 Å². The fourth-order valence-electron chi connectivity index (χ4n) is 1.63. The standard InChI is InChI=1S/C7H4I3NO.C5H8O4.C4H5NO2.C2H6O2/c8-3-1-4(7(11)12)6(10)5(9)2-3;6-4(7)2-1-3-5(8)9;6-3-1-2-4(7)5-3;3-1-2-4/h1-2H,(H2,11,12);1-3H2,(H,6,7)(H,8,9);1-2H2,(H,5,6,7);3-4H,1-2H2. The first kappa shape index (κ1) is 33.1. The molecular weight excluding hydrogens is 769 g/mol. The highest BCUT2D eigenvalue weighted by Gasteiger charge is 2.15. The third-order valence-electron chi connectivity index (χ3n) is 3.00. The molecule has 3 amide bonds. The Bertz CT molecular complexity index is 774. The van der Waals surface area contributed by atoms with Crippen molar-refractivity contribution in [3.05, 3.63) is 28.4 Å². The van der Waals surface area contributed by atoms with Gasteiger partial charge in [0.2, 0.25) is 17.7 Å². The topological polar surface area (TPSA) is 204 Å². The van der Waals surface area contributed by atoms with E-state index in [1.807, 2.05) is 6.07 Å². The third-order valence-corrected chi connectivity index (χ3v) is 6.67. The summed E-state index contributed by atoms with van der Waals surface area (Å²) in [4.78, 5) is 50.8. The number of nitrogens with one attached hydrogen (secondary N) is 1. The second-order valence-electron chi connectivity index (χ2n) is 5.67. The van der Waals surface area contributed by atoms with E-state index in [1.54, 1.807) is 6.07 Å². The molecule has 180 valence electrons. The van der Waals surface area contributed by atoms with Crippen LogP contribution in [0.5, 0.6) is 0 Å². The Morgan fingerprint density at radius 3 is 1.62 bits per heavy atom. The molecule has 0 aliphatic carbocycles. The van der Waals surface area contributed by atoms with Gasteiger partial charge in [0.25, 0.3) is 0 Å². The summed E-state index contributed by atoms with van der Waals surface area (Å²) in [6, 6.07) is 3.81. The van der Waals surface area contributed by atoms with Gasteiger partial charge in [-0.15, -0.1) is 0 Å². The smallest absolute Gasteiger partial charge is 0.303 e. The molecule has 0 atom stereocenters. The molecule has 0 bridgehead atoms. The Morgan fingerprint density at radius 2 is 1.34 bits per heavy atom. The summed E-state index contributed by atoms with van der Waals surface area (Å²) in [6.07, 6.45) is 0.834. The van der Waals surface area contributed by atoms with Gasteiger partial charge < -0.3 is 26.2 Å². The molecule has 1 heterocycles. The number of carboxylic acids is 2. The highest BCUT2D eigenvalue weighted by Crippen LogP contribution is 2.22. The molecule has 0 saturated carbocycles. The quantitative estimate of drug-likeness (QED) is 0.140. The van der Waals surface area contributed by atoms with Crippen LogP contribution in [-0.4, -0.2) is 63.3 Å². The molecule has 0 spiro atoms. The van der Waals surface area contributed by atoms with Crippen molar-refractivity contribution in [2.45, 2.75) is 32.1 Å². The predicted molar refractivity (Wildman–Crippen MR) is 139 cm³/mol. The second kappa shape index (κ2) is 19.4. The molecule has 1 aromatic rings. The molecule has 1 aromatic carbocycles. The van der Waals surface area contributed by atoms with Crippen molar-refractivity contribution in [2.75, 3.05) is 13.2 Å². The normalized spacial score (nSPS) is 11.5. The lowest BCUT2D eigenvalue weighted by Gasteiger charge is -2.02. The van der Waals surface area contributed by atoms with Crippen molar-refractivity contribution in [3.8, 4) is 0 Å². The maximum atomic E-state index is 10.9. The van der Waals surface area contributed by atoms with Gasteiger partial charge in [0, 0.05) is 36.4 Å². The van der Waals surface area contributed by atoms with E-state index in [0.717, 1.165) is 10.7 Å². The van der Waals surface area contributed by atoms with Crippen LogP contribution in [0.3, 0.4) is 0 Å². The maximum Gasteiger partial charge on any atom is 0.303 e. The first-order valence-corrected chi connectivity index (χ1v) is 12.0. The van der Waals surface area contributed by atoms with Gasteiger partial charge in [0.15, 0.2) is 0 Å². The molecule has 14 heteroatoms. The molecule has 2 rings (SSSR count).